The molecule has 0 atom stereocenters. The van der Waals surface area contributed by atoms with Gasteiger partial charge in [0.05, 0.1) is 10.9 Å². The van der Waals surface area contributed by atoms with E-state index < -0.39 is 0 Å². The minimum atomic E-state index is -0.350. The summed E-state index contributed by atoms with van der Waals surface area (Å²) in [5, 5.41) is 2.63. The van der Waals surface area contributed by atoms with Crippen LogP contribution < -0.4 is 5.63 Å². The summed E-state index contributed by atoms with van der Waals surface area (Å²) in [6.45, 7) is 1.95. The lowest BCUT2D eigenvalue weighted by Crippen LogP contribution is -2.04. The van der Waals surface area contributed by atoms with Crippen molar-refractivity contribution in [1.82, 2.24) is 4.98 Å². The number of aryl methyl sites for hydroxylation is 1. The zero-order valence-corrected chi connectivity index (χ0v) is 12.0. The summed E-state index contributed by atoms with van der Waals surface area (Å²) in [4.78, 5) is 16.8. The van der Waals surface area contributed by atoms with Gasteiger partial charge in [0.25, 0.3) is 0 Å². The molecule has 4 rings (SSSR count). The van der Waals surface area contributed by atoms with E-state index in [1.54, 1.807) is 6.07 Å². The second kappa shape index (κ2) is 4.81. The van der Waals surface area contributed by atoms with E-state index in [1.807, 2.05) is 61.5 Å². The van der Waals surface area contributed by atoms with Crippen molar-refractivity contribution >= 4 is 21.7 Å². The summed E-state index contributed by atoms with van der Waals surface area (Å²) < 4.78 is 5.47. The lowest BCUT2D eigenvalue weighted by Gasteiger charge is -2.06. The summed E-state index contributed by atoms with van der Waals surface area (Å²) in [5.41, 5.74) is 2.14. The topological polar surface area (TPSA) is 43.1 Å². The van der Waals surface area contributed by atoms with Crippen LogP contribution in [-0.2, 0) is 0 Å². The Morgan fingerprint density at radius 1 is 0.864 bits per heavy atom. The first kappa shape index (κ1) is 12.8. The van der Waals surface area contributed by atoms with E-state index in [-0.39, 0.29) is 5.63 Å². The molecule has 3 heteroatoms. The van der Waals surface area contributed by atoms with Gasteiger partial charge < -0.3 is 4.42 Å². The van der Waals surface area contributed by atoms with E-state index >= 15 is 0 Å². The standard InChI is InChI=1S/C19H13NO2/c1-12-6-4-11-16-17(12)20-18(22-19(16)21)15-10-5-8-13-7-2-3-9-14(13)15/h2-11H,1H3. The molecule has 0 saturated carbocycles. The van der Waals surface area contributed by atoms with Crippen molar-refractivity contribution in [3.05, 3.63) is 76.6 Å². The number of aromatic nitrogens is 1. The zero-order valence-electron chi connectivity index (χ0n) is 12.0. The van der Waals surface area contributed by atoms with Crippen LogP contribution in [0.25, 0.3) is 33.1 Å². The van der Waals surface area contributed by atoms with E-state index in [4.69, 9.17) is 4.42 Å². The van der Waals surface area contributed by atoms with Gasteiger partial charge in [0.15, 0.2) is 0 Å². The maximum absolute atomic E-state index is 12.3. The molecular formula is C19H13NO2. The SMILES string of the molecule is Cc1cccc2c(=O)oc(-c3cccc4ccccc34)nc12. The molecule has 3 nitrogen and oxygen atoms in total. The van der Waals surface area contributed by atoms with Crippen LogP contribution in [-0.4, -0.2) is 4.98 Å². The Labute approximate surface area is 126 Å². The number of hydrogen-bond acceptors (Lipinski definition) is 3. The van der Waals surface area contributed by atoms with Gasteiger partial charge in [-0.3, -0.25) is 0 Å². The van der Waals surface area contributed by atoms with Crippen molar-refractivity contribution in [2.24, 2.45) is 0 Å². The second-order valence-corrected chi connectivity index (χ2v) is 5.30. The minimum absolute atomic E-state index is 0.350. The van der Waals surface area contributed by atoms with Crippen molar-refractivity contribution in [1.29, 1.82) is 0 Å². The van der Waals surface area contributed by atoms with Crippen molar-refractivity contribution < 1.29 is 4.42 Å². The first-order valence-corrected chi connectivity index (χ1v) is 7.12. The van der Waals surface area contributed by atoms with Gasteiger partial charge in [0, 0.05) is 5.56 Å². The molecule has 0 saturated heterocycles. The second-order valence-electron chi connectivity index (χ2n) is 5.30. The van der Waals surface area contributed by atoms with Crippen molar-refractivity contribution in [2.45, 2.75) is 6.92 Å². The summed E-state index contributed by atoms with van der Waals surface area (Å²) in [6.07, 6.45) is 0. The van der Waals surface area contributed by atoms with Crippen LogP contribution in [0.1, 0.15) is 5.56 Å². The summed E-state index contributed by atoms with van der Waals surface area (Å²) in [7, 11) is 0. The predicted octanol–water partition coefficient (Wildman–Crippen LogP) is 4.32. The van der Waals surface area contributed by atoms with Crippen LogP contribution in [0.5, 0.6) is 0 Å². The number of nitrogens with zero attached hydrogens (tertiary/aromatic N) is 1. The van der Waals surface area contributed by atoms with Gasteiger partial charge in [-0.25, -0.2) is 9.78 Å². The molecule has 22 heavy (non-hydrogen) atoms. The molecule has 0 aliphatic heterocycles. The van der Waals surface area contributed by atoms with Crippen molar-refractivity contribution in [3.63, 3.8) is 0 Å². The molecule has 0 aliphatic carbocycles. The molecule has 3 aromatic carbocycles. The molecule has 0 fully saturated rings. The molecule has 0 aliphatic rings. The van der Waals surface area contributed by atoms with Gasteiger partial charge in [0.2, 0.25) is 5.89 Å². The summed E-state index contributed by atoms with van der Waals surface area (Å²) in [6, 6.07) is 19.4. The third kappa shape index (κ3) is 1.91. The predicted molar refractivity (Wildman–Crippen MR) is 88.0 cm³/mol. The fraction of sp³-hybridized carbons (Fsp3) is 0.0526. The van der Waals surface area contributed by atoms with Crippen molar-refractivity contribution in [2.75, 3.05) is 0 Å². The van der Waals surface area contributed by atoms with Gasteiger partial charge in [-0.05, 0) is 35.4 Å². The Balaban J connectivity index is 2.09. The van der Waals surface area contributed by atoms with Crippen LogP contribution in [0, 0.1) is 6.92 Å². The highest BCUT2D eigenvalue weighted by Gasteiger charge is 2.12. The average Bonchev–Trinajstić information content (AvgIpc) is 2.55. The van der Waals surface area contributed by atoms with Crippen molar-refractivity contribution in [3.8, 4) is 11.5 Å². The highest BCUT2D eigenvalue weighted by molar-refractivity contribution is 5.95. The number of fused-ring (bicyclic) bond motifs is 2. The summed E-state index contributed by atoms with van der Waals surface area (Å²) >= 11 is 0. The van der Waals surface area contributed by atoms with Gasteiger partial charge in [-0.15, -0.1) is 0 Å². The molecule has 0 amide bonds. The van der Waals surface area contributed by atoms with Gasteiger partial charge in [-0.2, -0.15) is 0 Å². The third-order valence-electron chi connectivity index (χ3n) is 3.88. The monoisotopic (exact) mass is 287 g/mol. The van der Waals surface area contributed by atoms with Crippen LogP contribution in [0.15, 0.2) is 69.9 Å². The minimum Gasteiger partial charge on any atom is -0.403 e. The van der Waals surface area contributed by atoms with Crippen LogP contribution in [0.3, 0.4) is 0 Å². The maximum Gasteiger partial charge on any atom is 0.347 e. The van der Waals surface area contributed by atoms with Gasteiger partial charge >= 0.3 is 5.63 Å². The number of benzene rings is 3. The van der Waals surface area contributed by atoms with Crippen LogP contribution >= 0.6 is 0 Å². The molecule has 0 unspecified atom stereocenters. The highest BCUT2D eigenvalue weighted by atomic mass is 16.4. The van der Waals surface area contributed by atoms with Gasteiger partial charge in [0.1, 0.15) is 0 Å². The quantitative estimate of drug-likeness (QED) is 0.523. The normalized spacial score (nSPS) is 11.1. The molecule has 0 N–H and O–H groups in total. The largest absolute Gasteiger partial charge is 0.403 e. The first-order valence-electron chi connectivity index (χ1n) is 7.12. The van der Waals surface area contributed by atoms with Crippen LogP contribution in [0.2, 0.25) is 0 Å². The number of para-hydroxylation sites is 1. The van der Waals surface area contributed by atoms with E-state index in [0.717, 1.165) is 21.9 Å². The lowest BCUT2D eigenvalue weighted by molar-refractivity contribution is 0.519. The number of hydrogen-bond donors (Lipinski definition) is 0. The van der Waals surface area contributed by atoms with E-state index in [0.29, 0.717) is 16.8 Å². The van der Waals surface area contributed by atoms with Gasteiger partial charge in [-0.1, -0.05) is 48.5 Å². The molecule has 1 heterocycles. The fourth-order valence-electron chi connectivity index (χ4n) is 2.77. The first-order chi connectivity index (χ1) is 10.7. The number of rotatable bonds is 1. The smallest absolute Gasteiger partial charge is 0.347 e. The molecule has 0 spiro atoms. The third-order valence-corrected chi connectivity index (χ3v) is 3.88. The zero-order chi connectivity index (χ0) is 15.1. The highest BCUT2D eigenvalue weighted by Crippen LogP contribution is 2.27. The van der Waals surface area contributed by atoms with Crippen LogP contribution in [0.4, 0.5) is 0 Å². The Kier molecular flexibility index (Phi) is 2.79. The van der Waals surface area contributed by atoms with E-state index in [9.17, 15) is 4.79 Å². The Bertz CT molecular complexity index is 1060. The maximum atomic E-state index is 12.3. The average molecular weight is 287 g/mol. The molecule has 0 bridgehead atoms. The van der Waals surface area contributed by atoms with E-state index in [2.05, 4.69) is 4.98 Å². The van der Waals surface area contributed by atoms with E-state index in [1.165, 1.54) is 0 Å². The Morgan fingerprint density at radius 3 is 2.50 bits per heavy atom. The lowest BCUT2D eigenvalue weighted by atomic mass is 10.0. The Morgan fingerprint density at radius 2 is 1.59 bits per heavy atom. The molecule has 4 aromatic rings. The molecule has 0 radical (unpaired) electrons. The molecule has 1 aromatic heterocycles. The fourth-order valence-corrected chi connectivity index (χ4v) is 2.77. The molecule has 106 valence electrons. The summed E-state index contributed by atoms with van der Waals surface area (Å²) in [5.74, 6) is 0.364. The Hall–Kier alpha value is -2.94. The molecular weight excluding hydrogens is 274 g/mol.